The molecule has 3 N–H and O–H groups in total. The van der Waals surface area contributed by atoms with E-state index in [9.17, 15) is 9.59 Å². The van der Waals surface area contributed by atoms with Gasteiger partial charge in [-0.3, -0.25) is 9.59 Å². The van der Waals surface area contributed by atoms with Gasteiger partial charge in [-0.2, -0.15) is 0 Å². The minimum Gasteiger partial charge on any atom is -0.365 e. The van der Waals surface area contributed by atoms with E-state index >= 15 is 0 Å². The molecule has 1 atom stereocenters. The van der Waals surface area contributed by atoms with E-state index in [-0.39, 0.29) is 11.8 Å². The van der Waals surface area contributed by atoms with Crippen LogP contribution in [0.5, 0.6) is 0 Å². The van der Waals surface area contributed by atoms with Crippen LogP contribution in [0.15, 0.2) is 0 Å². The fourth-order valence-electron chi connectivity index (χ4n) is 2.66. The predicted octanol–water partition coefficient (Wildman–Crippen LogP) is 2.32. The number of primary amides is 1. The molecule has 1 saturated carbocycles. The Morgan fingerprint density at radius 2 is 2.05 bits per heavy atom. The van der Waals surface area contributed by atoms with E-state index in [2.05, 4.69) is 12.2 Å². The van der Waals surface area contributed by atoms with Gasteiger partial charge in [-0.1, -0.05) is 6.92 Å². The summed E-state index contributed by atoms with van der Waals surface area (Å²) in [5.74, 6) is 0.393. The van der Waals surface area contributed by atoms with Crippen molar-refractivity contribution in [3.8, 4) is 0 Å². The lowest BCUT2D eigenvalue weighted by Gasteiger charge is -2.18. The second kappa shape index (κ2) is 4.63. The molecule has 5 heteroatoms. The summed E-state index contributed by atoms with van der Waals surface area (Å²) >= 11 is 1.53. The molecule has 19 heavy (non-hydrogen) atoms. The van der Waals surface area contributed by atoms with Crippen molar-refractivity contribution in [3.63, 3.8) is 0 Å². The summed E-state index contributed by atoms with van der Waals surface area (Å²) < 4.78 is 0. The second-order valence-electron chi connectivity index (χ2n) is 5.68. The van der Waals surface area contributed by atoms with Gasteiger partial charge in [0.15, 0.2) is 0 Å². The number of carbonyl (C=O) groups is 2. The molecule has 4 nitrogen and oxygen atoms in total. The van der Waals surface area contributed by atoms with Crippen molar-refractivity contribution in [2.45, 2.75) is 39.0 Å². The van der Waals surface area contributed by atoms with Crippen molar-refractivity contribution < 1.29 is 9.59 Å². The van der Waals surface area contributed by atoms with E-state index in [0.29, 0.717) is 16.5 Å². The molecule has 0 unspecified atom stereocenters. The van der Waals surface area contributed by atoms with Gasteiger partial charge in [-0.05, 0) is 43.6 Å². The van der Waals surface area contributed by atoms with Crippen molar-refractivity contribution in [2.75, 3.05) is 5.32 Å². The first-order valence-corrected chi connectivity index (χ1v) is 7.63. The van der Waals surface area contributed by atoms with Crippen LogP contribution in [0.1, 0.15) is 47.0 Å². The summed E-state index contributed by atoms with van der Waals surface area (Å²) in [5.41, 5.74) is 7.13. The molecule has 0 bridgehead atoms. The highest BCUT2D eigenvalue weighted by Gasteiger charge is 2.32. The van der Waals surface area contributed by atoms with Gasteiger partial charge in [0.05, 0.1) is 5.56 Å². The number of nitrogens with one attached hydrogen (secondary N) is 1. The molecule has 0 aliphatic heterocycles. The zero-order valence-corrected chi connectivity index (χ0v) is 11.8. The number of fused-ring (bicyclic) bond motifs is 1. The molecule has 102 valence electrons. The highest BCUT2D eigenvalue weighted by Crippen LogP contribution is 2.40. The number of nitrogens with two attached hydrogens (primary N) is 1. The Balaban J connectivity index is 1.93. The monoisotopic (exact) mass is 278 g/mol. The molecule has 1 aromatic rings. The van der Waals surface area contributed by atoms with Crippen molar-refractivity contribution >= 4 is 28.2 Å². The highest BCUT2D eigenvalue weighted by molar-refractivity contribution is 7.17. The van der Waals surface area contributed by atoms with Crippen LogP contribution in [0, 0.1) is 11.8 Å². The van der Waals surface area contributed by atoms with E-state index < -0.39 is 5.91 Å². The van der Waals surface area contributed by atoms with Gasteiger partial charge in [0.25, 0.3) is 5.91 Å². The maximum Gasteiger partial charge on any atom is 0.251 e. The maximum atomic E-state index is 11.9. The molecule has 0 radical (unpaired) electrons. The quantitative estimate of drug-likeness (QED) is 0.890. The molecule has 2 aliphatic carbocycles. The van der Waals surface area contributed by atoms with E-state index in [1.165, 1.54) is 16.2 Å². The molecule has 2 amide bonds. The van der Waals surface area contributed by atoms with E-state index in [1.807, 2.05) is 0 Å². The molecule has 0 spiro atoms. The van der Waals surface area contributed by atoms with Gasteiger partial charge in [0.1, 0.15) is 5.00 Å². The number of amides is 2. The molecule has 2 aliphatic rings. The first kappa shape index (κ1) is 12.7. The molecule has 1 heterocycles. The van der Waals surface area contributed by atoms with Crippen LogP contribution < -0.4 is 11.1 Å². The minimum atomic E-state index is -0.418. The Kier molecular flexibility index (Phi) is 3.09. The minimum absolute atomic E-state index is 0.0362. The van der Waals surface area contributed by atoms with Gasteiger partial charge in [0.2, 0.25) is 5.91 Å². The van der Waals surface area contributed by atoms with Crippen molar-refractivity contribution in [1.82, 2.24) is 0 Å². The predicted molar refractivity (Wildman–Crippen MR) is 75.4 cm³/mol. The number of rotatable bonds is 3. The summed E-state index contributed by atoms with van der Waals surface area (Å²) in [7, 11) is 0. The standard InChI is InChI=1S/C14H18N2O2S/c1-7-2-5-9-10(6-7)19-14(11(9)12(15)17)16-13(18)8-3-4-8/h7-8H,2-6H2,1H3,(H2,15,17)(H,16,18)/t7-/m0/s1. The van der Waals surface area contributed by atoms with Crippen LogP contribution >= 0.6 is 11.3 Å². The Hall–Kier alpha value is -1.36. The molecule has 0 aromatic carbocycles. The Bertz CT molecular complexity index is 546. The summed E-state index contributed by atoms with van der Waals surface area (Å²) in [4.78, 5) is 24.8. The van der Waals surface area contributed by atoms with Gasteiger partial charge in [-0.15, -0.1) is 11.3 Å². The molecule has 1 fully saturated rings. The van der Waals surface area contributed by atoms with E-state index in [1.54, 1.807) is 0 Å². The van der Waals surface area contributed by atoms with Crippen molar-refractivity contribution in [1.29, 1.82) is 0 Å². The van der Waals surface area contributed by atoms with Gasteiger partial charge >= 0.3 is 0 Å². The van der Waals surface area contributed by atoms with Crippen LogP contribution in [0.3, 0.4) is 0 Å². The largest absolute Gasteiger partial charge is 0.365 e. The number of carbonyl (C=O) groups excluding carboxylic acids is 2. The molecular formula is C14H18N2O2S. The summed E-state index contributed by atoms with van der Waals surface area (Å²) in [6.45, 7) is 2.22. The van der Waals surface area contributed by atoms with E-state index in [0.717, 1.165) is 37.7 Å². The number of thiophene rings is 1. The fourth-order valence-corrected chi connectivity index (χ4v) is 4.08. The third-order valence-electron chi connectivity index (χ3n) is 3.94. The number of hydrogen-bond donors (Lipinski definition) is 2. The summed E-state index contributed by atoms with van der Waals surface area (Å²) in [6, 6.07) is 0. The molecule has 0 saturated heterocycles. The average molecular weight is 278 g/mol. The topological polar surface area (TPSA) is 72.2 Å². The number of hydrogen-bond acceptors (Lipinski definition) is 3. The van der Waals surface area contributed by atoms with Crippen LogP contribution in [-0.4, -0.2) is 11.8 Å². The maximum absolute atomic E-state index is 11.9. The summed E-state index contributed by atoms with van der Waals surface area (Å²) in [5, 5.41) is 3.57. The Morgan fingerprint density at radius 3 is 2.68 bits per heavy atom. The summed E-state index contributed by atoms with van der Waals surface area (Å²) in [6.07, 6.45) is 4.88. The molecular weight excluding hydrogens is 260 g/mol. The average Bonchev–Trinajstić information content (AvgIpc) is 3.11. The van der Waals surface area contributed by atoms with Crippen LogP contribution in [-0.2, 0) is 17.6 Å². The second-order valence-corrected chi connectivity index (χ2v) is 6.79. The zero-order valence-electron chi connectivity index (χ0n) is 11.0. The van der Waals surface area contributed by atoms with Crippen LogP contribution in [0.2, 0.25) is 0 Å². The number of anilines is 1. The third-order valence-corrected chi connectivity index (χ3v) is 5.11. The lowest BCUT2D eigenvalue weighted by molar-refractivity contribution is -0.117. The first-order chi connectivity index (χ1) is 9.06. The van der Waals surface area contributed by atoms with Gasteiger partial charge in [0, 0.05) is 10.8 Å². The van der Waals surface area contributed by atoms with Crippen LogP contribution in [0.25, 0.3) is 0 Å². The zero-order chi connectivity index (χ0) is 13.6. The van der Waals surface area contributed by atoms with Crippen molar-refractivity contribution in [2.24, 2.45) is 17.6 Å². The van der Waals surface area contributed by atoms with Gasteiger partial charge in [-0.25, -0.2) is 0 Å². The first-order valence-electron chi connectivity index (χ1n) is 6.81. The van der Waals surface area contributed by atoms with E-state index in [4.69, 9.17) is 5.73 Å². The Morgan fingerprint density at radius 1 is 1.32 bits per heavy atom. The Labute approximate surface area is 116 Å². The lowest BCUT2D eigenvalue weighted by Crippen LogP contribution is -2.19. The van der Waals surface area contributed by atoms with Gasteiger partial charge < -0.3 is 11.1 Å². The van der Waals surface area contributed by atoms with Crippen LogP contribution in [0.4, 0.5) is 5.00 Å². The SMILES string of the molecule is C[C@H]1CCc2c(sc(NC(=O)C3CC3)c2C(N)=O)C1. The molecule has 1 aromatic heterocycles. The normalized spacial score (nSPS) is 21.8. The van der Waals surface area contributed by atoms with Crippen molar-refractivity contribution in [3.05, 3.63) is 16.0 Å². The molecule has 3 rings (SSSR count). The lowest BCUT2D eigenvalue weighted by atomic mass is 9.88. The smallest absolute Gasteiger partial charge is 0.251 e. The highest BCUT2D eigenvalue weighted by atomic mass is 32.1. The fraction of sp³-hybridized carbons (Fsp3) is 0.571. The third kappa shape index (κ3) is 2.39.